The van der Waals surface area contributed by atoms with E-state index in [4.69, 9.17) is 0 Å². The van der Waals surface area contributed by atoms with Crippen LogP contribution in [0.1, 0.15) is 39.0 Å². The van der Waals surface area contributed by atoms with Gasteiger partial charge in [-0.15, -0.1) is 0 Å². The topological polar surface area (TPSA) is 12.9 Å². The summed E-state index contributed by atoms with van der Waals surface area (Å²) >= 11 is 0. The van der Waals surface area contributed by atoms with Gasteiger partial charge in [0.05, 0.1) is 0 Å². The van der Waals surface area contributed by atoms with E-state index in [-0.39, 0.29) is 5.41 Å². The van der Waals surface area contributed by atoms with Gasteiger partial charge in [-0.1, -0.05) is 33.8 Å². The van der Waals surface area contributed by atoms with Crippen molar-refractivity contribution in [3.63, 3.8) is 0 Å². The summed E-state index contributed by atoms with van der Waals surface area (Å²) < 4.78 is 0. The molecule has 1 heterocycles. The molecule has 1 aromatic rings. The Kier molecular flexibility index (Phi) is 2.51. The highest BCUT2D eigenvalue weighted by molar-refractivity contribution is 5.25. The van der Waals surface area contributed by atoms with E-state index in [1.54, 1.807) is 0 Å². The molecule has 0 aliphatic rings. The van der Waals surface area contributed by atoms with Crippen LogP contribution in [-0.2, 0) is 11.8 Å². The summed E-state index contributed by atoms with van der Waals surface area (Å²) in [5.74, 6) is 0. The van der Waals surface area contributed by atoms with Gasteiger partial charge in [0.15, 0.2) is 0 Å². The molecule has 1 nitrogen and oxygen atoms in total. The van der Waals surface area contributed by atoms with Crippen molar-refractivity contribution in [3.05, 3.63) is 29.6 Å². The number of aromatic nitrogens is 1. The highest BCUT2D eigenvalue weighted by atomic mass is 14.7. The minimum Gasteiger partial charge on any atom is -0.260 e. The Hall–Kier alpha value is -0.850. The molecule has 0 aliphatic carbocycles. The summed E-state index contributed by atoms with van der Waals surface area (Å²) in [5, 5.41) is 0. The molecule has 0 saturated carbocycles. The minimum absolute atomic E-state index is 0.173. The van der Waals surface area contributed by atoms with Crippen molar-refractivity contribution in [3.8, 4) is 0 Å². The standard InChI is InChI=1S/C11H17N/c1-5-9-7-6-8-12-10(9)11(2,3)4/h6-8H,5H2,1-4H3. The zero-order valence-electron chi connectivity index (χ0n) is 8.39. The molecule has 0 saturated heterocycles. The third-order valence-electron chi connectivity index (χ3n) is 1.98. The molecule has 0 amide bonds. The summed E-state index contributed by atoms with van der Waals surface area (Å²) in [6.45, 7) is 8.78. The van der Waals surface area contributed by atoms with E-state index in [1.807, 2.05) is 12.3 Å². The smallest absolute Gasteiger partial charge is 0.0488 e. The van der Waals surface area contributed by atoms with Crippen molar-refractivity contribution in [1.82, 2.24) is 4.98 Å². The summed E-state index contributed by atoms with van der Waals surface area (Å²) in [5.41, 5.74) is 2.77. The SMILES string of the molecule is CCc1cccnc1C(C)(C)C. The number of pyridine rings is 1. The summed E-state index contributed by atoms with van der Waals surface area (Å²) in [7, 11) is 0. The fourth-order valence-electron chi connectivity index (χ4n) is 1.40. The molecule has 1 rings (SSSR count). The Morgan fingerprint density at radius 3 is 2.42 bits per heavy atom. The Morgan fingerprint density at radius 1 is 1.33 bits per heavy atom. The van der Waals surface area contributed by atoms with Gasteiger partial charge in [-0.25, -0.2) is 0 Å². The second-order valence-corrected chi connectivity index (χ2v) is 4.11. The maximum absolute atomic E-state index is 4.42. The Balaban J connectivity index is 3.14. The molecule has 0 unspecified atom stereocenters. The van der Waals surface area contributed by atoms with E-state index in [1.165, 1.54) is 11.3 Å². The van der Waals surface area contributed by atoms with Gasteiger partial charge >= 0.3 is 0 Å². The first-order valence-corrected chi connectivity index (χ1v) is 4.50. The van der Waals surface area contributed by atoms with E-state index in [9.17, 15) is 0 Å². The number of rotatable bonds is 1. The second-order valence-electron chi connectivity index (χ2n) is 4.11. The molecule has 12 heavy (non-hydrogen) atoms. The van der Waals surface area contributed by atoms with Crippen LogP contribution in [0.3, 0.4) is 0 Å². The van der Waals surface area contributed by atoms with Crippen molar-refractivity contribution in [2.24, 2.45) is 0 Å². The largest absolute Gasteiger partial charge is 0.260 e. The van der Waals surface area contributed by atoms with Crippen LogP contribution in [0.5, 0.6) is 0 Å². The quantitative estimate of drug-likeness (QED) is 0.620. The average molecular weight is 163 g/mol. The molecule has 0 atom stereocenters. The zero-order chi connectivity index (χ0) is 9.19. The predicted molar refractivity (Wildman–Crippen MR) is 52.3 cm³/mol. The van der Waals surface area contributed by atoms with Crippen molar-refractivity contribution >= 4 is 0 Å². The van der Waals surface area contributed by atoms with Gasteiger partial charge in [-0.3, -0.25) is 4.98 Å². The lowest BCUT2D eigenvalue weighted by Crippen LogP contribution is -2.15. The van der Waals surface area contributed by atoms with Crippen LogP contribution in [0.4, 0.5) is 0 Å². The number of nitrogens with zero attached hydrogens (tertiary/aromatic N) is 1. The molecule has 0 fully saturated rings. The predicted octanol–water partition coefficient (Wildman–Crippen LogP) is 2.94. The van der Waals surface area contributed by atoms with Gasteiger partial charge in [0.1, 0.15) is 0 Å². The number of hydrogen-bond donors (Lipinski definition) is 0. The van der Waals surface area contributed by atoms with Crippen molar-refractivity contribution in [1.29, 1.82) is 0 Å². The molecular weight excluding hydrogens is 146 g/mol. The van der Waals surface area contributed by atoms with Crippen LogP contribution in [-0.4, -0.2) is 4.98 Å². The minimum atomic E-state index is 0.173. The Labute approximate surface area is 74.8 Å². The molecule has 66 valence electrons. The maximum Gasteiger partial charge on any atom is 0.0488 e. The van der Waals surface area contributed by atoms with Crippen LogP contribution >= 0.6 is 0 Å². The van der Waals surface area contributed by atoms with Crippen molar-refractivity contribution in [2.45, 2.75) is 39.5 Å². The highest BCUT2D eigenvalue weighted by Crippen LogP contribution is 2.23. The van der Waals surface area contributed by atoms with Gasteiger partial charge in [-0.2, -0.15) is 0 Å². The van der Waals surface area contributed by atoms with Crippen LogP contribution in [0, 0.1) is 0 Å². The van der Waals surface area contributed by atoms with E-state index < -0.39 is 0 Å². The lowest BCUT2D eigenvalue weighted by Gasteiger charge is -2.20. The molecule has 0 aliphatic heterocycles. The van der Waals surface area contributed by atoms with Gasteiger partial charge in [0, 0.05) is 17.3 Å². The molecule has 0 bridgehead atoms. The first-order valence-electron chi connectivity index (χ1n) is 4.50. The molecule has 0 N–H and O–H groups in total. The molecular formula is C11H17N. The zero-order valence-corrected chi connectivity index (χ0v) is 8.39. The first kappa shape index (κ1) is 9.24. The van der Waals surface area contributed by atoms with Gasteiger partial charge in [-0.05, 0) is 18.1 Å². The van der Waals surface area contributed by atoms with Crippen LogP contribution in [0.2, 0.25) is 0 Å². The van der Waals surface area contributed by atoms with Gasteiger partial charge in [0.2, 0.25) is 0 Å². The lowest BCUT2D eigenvalue weighted by atomic mass is 9.88. The van der Waals surface area contributed by atoms with Crippen LogP contribution < -0.4 is 0 Å². The lowest BCUT2D eigenvalue weighted by molar-refractivity contribution is 0.561. The Morgan fingerprint density at radius 2 is 2.00 bits per heavy atom. The van der Waals surface area contributed by atoms with Crippen molar-refractivity contribution in [2.75, 3.05) is 0 Å². The summed E-state index contributed by atoms with van der Waals surface area (Å²) in [6.07, 6.45) is 2.94. The second kappa shape index (κ2) is 3.26. The fraction of sp³-hybridized carbons (Fsp3) is 0.545. The number of hydrogen-bond acceptors (Lipinski definition) is 1. The van der Waals surface area contributed by atoms with Gasteiger partial charge < -0.3 is 0 Å². The molecule has 0 spiro atoms. The van der Waals surface area contributed by atoms with Crippen molar-refractivity contribution < 1.29 is 0 Å². The molecule has 1 aromatic heterocycles. The average Bonchev–Trinajstić information content (AvgIpc) is 2.03. The molecule has 0 aromatic carbocycles. The maximum atomic E-state index is 4.42. The fourth-order valence-corrected chi connectivity index (χ4v) is 1.40. The van der Waals surface area contributed by atoms with E-state index in [0.717, 1.165) is 6.42 Å². The third-order valence-corrected chi connectivity index (χ3v) is 1.98. The molecule has 0 radical (unpaired) electrons. The van der Waals surface area contributed by atoms with E-state index in [2.05, 4.69) is 38.7 Å². The summed E-state index contributed by atoms with van der Waals surface area (Å²) in [6, 6.07) is 4.17. The summed E-state index contributed by atoms with van der Waals surface area (Å²) in [4.78, 5) is 4.42. The van der Waals surface area contributed by atoms with Gasteiger partial charge in [0.25, 0.3) is 0 Å². The van der Waals surface area contributed by atoms with E-state index >= 15 is 0 Å². The van der Waals surface area contributed by atoms with Crippen LogP contribution in [0.15, 0.2) is 18.3 Å². The molecule has 1 heteroatoms. The van der Waals surface area contributed by atoms with Crippen LogP contribution in [0.25, 0.3) is 0 Å². The Bertz CT molecular complexity index is 258. The van der Waals surface area contributed by atoms with E-state index in [0.29, 0.717) is 0 Å². The monoisotopic (exact) mass is 163 g/mol. The first-order chi connectivity index (χ1) is 5.55. The highest BCUT2D eigenvalue weighted by Gasteiger charge is 2.17. The normalized spacial score (nSPS) is 11.7. The third kappa shape index (κ3) is 1.84. The number of aryl methyl sites for hydroxylation is 1.